The highest BCUT2D eigenvalue weighted by Gasteiger charge is 2.08. The Hall–Kier alpha value is -2.07. The van der Waals surface area contributed by atoms with Crippen LogP contribution in [0.5, 0.6) is 0 Å². The molecule has 1 aromatic carbocycles. The average Bonchev–Trinajstić information content (AvgIpc) is 2.70. The number of amides is 1. The lowest BCUT2D eigenvalue weighted by atomic mass is 10.1. The number of H-pyrrole nitrogens is 1. The molecule has 4 N–H and O–H groups in total. The second-order valence-electron chi connectivity index (χ2n) is 4.55. The second-order valence-corrected chi connectivity index (χ2v) is 4.55. The fourth-order valence-electron chi connectivity index (χ4n) is 2.04. The van der Waals surface area contributed by atoms with Crippen LogP contribution in [0.2, 0.25) is 0 Å². The average molecular weight is 257 g/mol. The van der Waals surface area contributed by atoms with E-state index in [9.17, 15) is 4.79 Å². The smallest absolute Gasteiger partial charge is 0.251 e. The van der Waals surface area contributed by atoms with Crippen molar-refractivity contribution < 1.29 is 4.79 Å². The number of aromatic nitrogens is 1. The molecule has 1 aromatic heterocycles. The Morgan fingerprint density at radius 2 is 2.16 bits per heavy atom. The van der Waals surface area contributed by atoms with Gasteiger partial charge in [0.1, 0.15) is 0 Å². The van der Waals surface area contributed by atoms with Crippen molar-refractivity contribution in [1.29, 1.82) is 0 Å². The van der Waals surface area contributed by atoms with Gasteiger partial charge in [0.15, 0.2) is 0 Å². The first-order valence-electron chi connectivity index (χ1n) is 6.35. The van der Waals surface area contributed by atoms with Gasteiger partial charge in [0, 0.05) is 35.2 Å². The van der Waals surface area contributed by atoms with Crippen LogP contribution < -0.4 is 11.1 Å². The van der Waals surface area contributed by atoms with Gasteiger partial charge in [-0.2, -0.15) is 0 Å². The first-order valence-corrected chi connectivity index (χ1v) is 6.35. The van der Waals surface area contributed by atoms with E-state index in [4.69, 9.17) is 5.73 Å². The van der Waals surface area contributed by atoms with E-state index in [-0.39, 0.29) is 5.91 Å². The summed E-state index contributed by atoms with van der Waals surface area (Å²) in [5, 5.41) is 3.93. The van der Waals surface area contributed by atoms with Crippen molar-refractivity contribution in [1.82, 2.24) is 10.3 Å². The third-order valence-electron chi connectivity index (χ3n) is 3.25. The molecule has 0 aliphatic heterocycles. The molecule has 4 nitrogen and oxygen atoms in total. The van der Waals surface area contributed by atoms with Crippen LogP contribution in [-0.4, -0.2) is 24.0 Å². The van der Waals surface area contributed by atoms with Crippen LogP contribution in [0.3, 0.4) is 0 Å². The molecular formula is C15H19N3O. The normalized spacial score (nSPS) is 11.3. The fraction of sp³-hybridized carbons (Fsp3) is 0.267. The molecule has 0 aliphatic rings. The minimum atomic E-state index is -0.0678. The van der Waals surface area contributed by atoms with Crippen LogP contribution >= 0.6 is 0 Å². The summed E-state index contributed by atoms with van der Waals surface area (Å²) in [5.74, 6) is -0.0678. The number of carbonyl (C=O) groups is 1. The zero-order valence-electron chi connectivity index (χ0n) is 11.3. The van der Waals surface area contributed by atoms with Gasteiger partial charge in [-0.1, -0.05) is 12.2 Å². The molecule has 1 heterocycles. The maximum absolute atomic E-state index is 12.0. The number of benzene rings is 1. The number of fused-ring (bicyclic) bond motifs is 1. The topological polar surface area (TPSA) is 70.9 Å². The van der Waals surface area contributed by atoms with Crippen molar-refractivity contribution in [2.75, 3.05) is 13.1 Å². The number of hydrogen-bond acceptors (Lipinski definition) is 2. The summed E-state index contributed by atoms with van der Waals surface area (Å²) in [7, 11) is 0. The Labute approximate surface area is 112 Å². The van der Waals surface area contributed by atoms with Gasteiger partial charge < -0.3 is 16.0 Å². The first-order chi connectivity index (χ1) is 9.13. The molecule has 0 saturated heterocycles. The Morgan fingerprint density at radius 3 is 2.89 bits per heavy atom. The van der Waals surface area contributed by atoms with Gasteiger partial charge in [-0.3, -0.25) is 4.79 Å². The number of aromatic amines is 1. The standard InChI is InChI=1S/C15H19N3O/c1-10-11(2)18-14-6-5-12(9-13(10)14)15(19)17-8-4-3-7-16/h3-6,9,18H,7-8,16H2,1-2H3,(H,17,19)/b4-3+. The molecule has 0 atom stereocenters. The maximum atomic E-state index is 12.0. The Balaban J connectivity index is 2.18. The molecule has 0 saturated carbocycles. The van der Waals surface area contributed by atoms with E-state index in [1.54, 1.807) is 0 Å². The molecule has 19 heavy (non-hydrogen) atoms. The van der Waals surface area contributed by atoms with E-state index in [0.29, 0.717) is 18.7 Å². The molecule has 0 bridgehead atoms. The predicted octanol–water partition coefficient (Wildman–Crippen LogP) is 2.03. The predicted molar refractivity (Wildman–Crippen MR) is 78.3 cm³/mol. The van der Waals surface area contributed by atoms with Gasteiger partial charge in [-0.05, 0) is 37.6 Å². The molecule has 0 fully saturated rings. The number of hydrogen-bond donors (Lipinski definition) is 3. The molecule has 4 heteroatoms. The van der Waals surface area contributed by atoms with Gasteiger partial charge in [0.05, 0.1) is 0 Å². The Morgan fingerprint density at radius 1 is 1.37 bits per heavy atom. The van der Waals surface area contributed by atoms with Crippen LogP contribution in [0.4, 0.5) is 0 Å². The zero-order valence-corrected chi connectivity index (χ0v) is 11.3. The molecule has 2 rings (SSSR count). The third kappa shape index (κ3) is 2.85. The SMILES string of the molecule is Cc1[nH]c2ccc(C(=O)NC/C=C/CN)cc2c1C. The van der Waals surface area contributed by atoms with E-state index in [2.05, 4.69) is 17.2 Å². The Kier molecular flexibility index (Phi) is 4.02. The largest absolute Gasteiger partial charge is 0.358 e. The van der Waals surface area contributed by atoms with Gasteiger partial charge in [-0.15, -0.1) is 0 Å². The summed E-state index contributed by atoms with van der Waals surface area (Å²) in [4.78, 5) is 15.3. The fourth-order valence-corrected chi connectivity index (χ4v) is 2.04. The molecule has 0 unspecified atom stereocenters. The van der Waals surface area contributed by atoms with Crippen molar-refractivity contribution in [2.24, 2.45) is 5.73 Å². The van der Waals surface area contributed by atoms with Crippen molar-refractivity contribution in [3.8, 4) is 0 Å². The van der Waals surface area contributed by atoms with E-state index < -0.39 is 0 Å². The second kappa shape index (κ2) is 5.71. The molecule has 2 aromatic rings. The number of aryl methyl sites for hydroxylation is 2. The highest BCUT2D eigenvalue weighted by Crippen LogP contribution is 2.22. The van der Waals surface area contributed by atoms with E-state index in [1.165, 1.54) is 5.56 Å². The van der Waals surface area contributed by atoms with Crippen molar-refractivity contribution >= 4 is 16.8 Å². The lowest BCUT2D eigenvalue weighted by Crippen LogP contribution is -2.23. The summed E-state index contributed by atoms with van der Waals surface area (Å²) >= 11 is 0. The molecule has 0 spiro atoms. The minimum absolute atomic E-state index is 0.0678. The number of nitrogens with one attached hydrogen (secondary N) is 2. The Bertz CT molecular complexity index is 626. The number of rotatable bonds is 4. The molecule has 0 aliphatic carbocycles. The molecule has 100 valence electrons. The van der Waals surface area contributed by atoms with E-state index >= 15 is 0 Å². The van der Waals surface area contributed by atoms with Crippen molar-refractivity contribution in [3.05, 3.63) is 47.2 Å². The van der Waals surface area contributed by atoms with Gasteiger partial charge in [0.25, 0.3) is 5.91 Å². The summed E-state index contributed by atoms with van der Waals surface area (Å²) in [6.45, 7) is 5.08. The first kappa shape index (κ1) is 13.4. The van der Waals surface area contributed by atoms with Crippen LogP contribution in [0, 0.1) is 13.8 Å². The van der Waals surface area contributed by atoms with Crippen LogP contribution in [0.1, 0.15) is 21.6 Å². The monoisotopic (exact) mass is 257 g/mol. The van der Waals surface area contributed by atoms with E-state index in [0.717, 1.165) is 16.6 Å². The number of carbonyl (C=O) groups excluding carboxylic acids is 1. The van der Waals surface area contributed by atoms with Gasteiger partial charge in [-0.25, -0.2) is 0 Å². The maximum Gasteiger partial charge on any atom is 0.251 e. The van der Waals surface area contributed by atoms with Crippen molar-refractivity contribution in [3.63, 3.8) is 0 Å². The number of nitrogens with two attached hydrogens (primary N) is 1. The quantitative estimate of drug-likeness (QED) is 0.733. The summed E-state index contributed by atoms with van der Waals surface area (Å²) in [5.41, 5.74) is 9.40. The minimum Gasteiger partial charge on any atom is -0.358 e. The van der Waals surface area contributed by atoms with Crippen molar-refractivity contribution in [2.45, 2.75) is 13.8 Å². The lowest BCUT2D eigenvalue weighted by Gasteiger charge is -2.03. The third-order valence-corrected chi connectivity index (χ3v) is 3.25. The van der Waals surface area contributed by atoms with Crippen LogP contribution in [0.15, 0.2) is 30.4 Å². The summed E-state index contributed by atoms with van der Waals surface area (Å²) in [6.07, 6.45) is 3.67. The highest BCUT2D eigenvalue weighted by molar-refractivity contribution is 5.99. The van der Waals surface area contributed by atoms with E-state index in [1.807, 2.05) is 37.3 Å². The van der Waals surface area contributed by atoms with Crippen LogP contribution in [-0.2, 0) is 0 Å². The summed E-state index contributed by atoms with van der Waals surface area (Å²) < 4.78 is 0. The summed E-state index contributed by atoms with van der Waals surface area (Å²) in [6, 6.07) is 5.70. The lowest BCUT2D eigenvalue weighted by molar-refractivity contribution is 0.0958. The highest BCUT2D eigenvalue weighted by atomic mass is 16.1. The van der Waals surface area contributed by atoms with Gasteiger partial charge in [0.2, 0.25) is 0 Å². The molecule has 0 radical (unpaired) electrons. The van der Waals surface area contributed by atoms with Gasteiger partial charge >= 0.3 is 0 Å². The van der Waals surface area contributed by atoms with Crippen LogP contribution in [0.25, 0.3) is 10.9 Å². The zero-order chi connectivity index (χ0) is 13.8. The molecular weight excluding hydrogens is 238 g/mol. The molecule has 1 amide bonds.